The molecule has 2 aliphatic heterocycles. The van der Waals surface area contributed by atoms with Crippen LogP contribution >= 0.6 is 0 Å². The number of amides is 1. The van der Waals surface area contributed by atoms with Crippen molar-refractivity contribution >= 4 is 5.91 Å². The molecule has 4 rings (SSSR count). The van der Waals surface area contributed by atoms with Gasteiger partial charge >= 0.3 is 0 Å². The lowest BCUT2D eigenvalue weighted by Gasteiger charge is -2.40. The molecule has 1 saturated heterocycles. The van der Waals surface area contributed by atoms with Crippen LogP contribution in [0.3, 0.4) is 0 Å². The van der Waals surface area contributed by atoms with Crippen molar-refractivity contribution < 1.29 is 19.0 Å². The van der Waals surface area contributed by atoms with Crippen LogP contribution in [0.5, 0.6) is 5.75 Å². The predicted molar refractivity (Wildman–Crippen MR) is 130 cm³/mol. The third kappa shape index (κ3) is 5.59. The van der Waals surface area contributed by atoms with E-state index in [1.54, 1.807) is 0 Å². The van der Waals surface area contributed by atoms with Crippen molar-refractivity contribution in [2.75, 3.05) is 26.2 Å². The number of carbonyl (C=O) groups excluding carboxylic acids is 1. The molecule has 1 fully saturated rings. The highest BCUT2D eigenvalue weighted by atomic mass is 19.1. The summed E-state index contributed by atoms with van der Waals surface area (Å²) in [7, 11) is 0. The number of piperidine rings is 1. The number of aryl methyl sites for hydroxylation is 1. The van der Waals surface area contributed by atoms with Crippen molar-refractivity contribution in [2.45, 2.75) is 57.8 Å². The number of ether oxygens (including phenoxy) is 1. The maximum Gasteiger partial charge on any atom is 0.251 e. The van der Waals surface area contributed by atoms with Gasteiger partial charge in [0.25, 0.3) is 5.91 Å². The molecule has 2 aromatic carbocycles. The summed E-state index contributed by atoms with van der Waals surface area (Å²) >= 11 is 0. The number of likely N-dealkylation sites (tertiary alicyclic amines) is 1. The maximum absolute atomic E-state index is 13.1. The highest BCUT2D eigenvalue weighted by Crippen LogP contribution is 2.40. The number of carbonyl (C=O) groups is 1. The Morgan fingerprint density at radius 3 is 2.62 bits per heavy atom. The fraction of sp³-hybridized carbons (Fsp3) is 0.519. The number of fused-ring (bicyclic) bond motifs is 1. The number of nitrogens with one attached hydrogen (secondary N) is 1. The van der Waals surface area contributed by atoms with Gasteiger partial charge in [0.1, 0.15) is 11.6 Å². The zero-order valence-electron chi connectivity index (χ0n) is 20.1. The molecule has 3 unspecified atom stereocenters. The van der Waals surface area contributed by atoms with Crippen molar-refractivity contribution in [3.05, 3.63) is 64.5 Å². The van der Waals surface area contributed by atoms with Crippen LogP contribution < -0.4 is 11.1 Å². The monoisotopic (exact) mass is 469 g/mol. The third-order valence-electron chi connectivity index (χ3n) is 7.35. The number of halogens is 1. The second kappa shape index (κ2) is 10.8. The van der Waals surface area contributed by atoms with Crippen molar-refractivity contribution in [3.63, 3.8) is 0 Å². The topological polar surface area (TPSA) is 87.8 Å². The first-order chi connectivity index (χ1) is 16.4. The fourth-order valence-corrected chi connectivity index (χ4v) is 5.18. The number of phenolic OH excluding ortho intramolecular Hbond substituents is 1. The average molecular weight is 470 g/mol. The van der Waals surface area contributed by atoms with Crippen LogP contribution in [0.1, 0.15) is 59.3 Å². The summed E-state index contributed by atoms with van der Waals surface area (Å²) in [6, 6.07) is 9.62. The molecular weight excluding hydrogens is 433 g/mol. The van der Waals surface area contributed by atoms with E-state index in [9.17, 15) is 14.3 Å². The zero-order valence-corrected chi connectivity index (χ0v) is 20.1. The molecule has 1 amide bonds. The van der Waals surface area contributed by atoms with Gasteiger partial charge in [-0.05, 0) is 87.5 Å². The molecule has 2 aliphatic rings. The number of benzene rings is 2. The fourth-order valence-electron chi connectivity index (χ4n) is 5.18. The number of nitrogens with zero attached hydrogens (tertiary/aromatic N) is 1. The lowest BCUT2D eigenvalue weighted by molar-refractivity contribution is -0.0647. The average Bonchev–Trinajstić information content (AvgIpc) is 2.85. The van der Waals surface area contributed by atoms with Gasteiger partial charge in [0, 0.05) is 36.7 Å². The SMILES string of the molecule is Cc1ccc2c(c1O)CC(C1CCN(CCC(C)NC(=O)c3ccc(F)cc3)CC1)OC2CN. The first kappa shape index (κ1) is 24.6. The minimum atomic E-state index is -0.346. The van der Waals surface area contributed by atoms with E-state index in [0.717, 1.165) is 62.0 Å². The molecule has 0 aromatic heterocycles. The minimum absolute atomic E-state index is 0.0324. The van der Waals surface area contributed by atoms with Crippen LogP contribution in [-0.4, -0.2) is 54.2 Å². The zero-order chi connectivity index (χ0) is 24.2. The number of hydrogen-bond donors (Lipinski definition) is 3. The lowest BCUT2D eigenvalue weighted by Crippen LogP contribution is -2.43. The van der Waals surface area contributed by atoms with E-state index >= 15 is 0 Å². The molecule has 6 nitrogen and oxygen atoms in total. The van der Waals surface area contributed by atoms with Gasteiger partial charge in [-0.2, -0.15) is 0 Å². The molecule has 2 aromatic rings. The van der Waals surface area contributed by atoms with Crippen LogP contribution in [-0.2, 0) is 11.2 Å². The van der Waals surface area contributed by atoms with Gasteiger partial charge in [-0.3, -0.25) is 4.79 Å². The number of hydrogen-bond acceptors (Lipinski definition) is 5. The Balaban J connectivity index is 1.25. The Morgan fingerprint density at radius 2 is 1.94 bits per heavy atom. The second-order valence-electron chi connectivity index (χ2n) is 9.75. The number of nitrogens with two attached hydrogens (primary N) is 1. The van der Waals surface area contributed by atoms with E-state index in [2.05, 4.69) is 10.2 Å². The maximum atomic E-state index is 13.1. The Labute approximate surface area is 201 Å². The van der Waals surface area contributed by atoms with Crippen LogP contribution in [0.25, 0.3) is 0 Å². The highest BCUT2D eigenvalue weighted by Gasteiger charge is 2.35. The molecule has 0 aliphatic carbocycles. The summed E-state index contributed by atoms with van der Waals surface area (Å²) in [5.74, 6) is 0.308. The van der Waals surface area contributed by atoms with Gasteiger partial charge in [-0.1, -0.05) is 12.1 Å². The summed E-state index contributed by atoms with van der Waals surface area (Å²) in [5.41, 5.74) is 9.39. The molecule has 34 heavy (non-hydrogen) atoms. The lowest BCUT2D eigenvalue weighted by atomic mass is 9.83. The highest BCUT2D eigenvalue weighted by molar-refractivity contribution is 5.94. The van der Waals surface area contributed by atoms with Crippen LogP contribution in [0.4, 0.5) is 4.39 Å². The number of phenols is 1. The van der Waals surface area contributed by atoms with Gasteiger partial charge < -0.3 is 25.8 Å². The largest absolute Gasteiger partial charge is 0.507 e. The number of rotatable bonds is 7. The van der Waals surface area contributed by atoms with Crippen LogP contribution in [0.15, 0.2) is 36.4 Å². The molecule has 0 saturated carbocycles. The van der Waals surface area contributed by atoms with Gasteiger partial charge in [0.05, 0.1) is 12.2 Å². The van der Waals surface area contributed by atoms with Crippen LogP contribution in [0.2, 0.25) is 0 Å². The molecule has 4 N–H and O–H groups in total. The van der Waals surface area contributed by atoms with E-state index in [-0.39, 0.29) is 30.0 Å². The van der Waals surface area contributed by atoms with Gasteiger partial charge in [-0.15, -0.1) is 0 Å². The standard InChI is InChI=1S/C27H36FN3O3/c1-17-3-8-22-23(26(17)32)15-24(34-25(22)16-29)19-10-13-31(14-11-19)12-9-18(2)30-27(33)20-4-6-21(28)7-5-20/h3-8,18-19,24-25,32H,9-16,29H2,1-2H3,(H,30,33). The molecule has 0 radical (unpaired) electrons. The van der Waals surface area contributed by atoms with E-state index in [4.69, 9.17) is 10.5 Å². The summed E-state index contributed by atoms with van der Waals surface area (Å²) in [6.07, 6.45) is 3.58. The molecule has 0 spiro atoms. The Kier molecular flexibility index (Phi) is 7.86. The normalized spacial score (nSPS) is 22.2. The summed E-state index contributed by atoms with van der Waals surface area (Å²) in [6.45, 7) is 7.23. The molecule has 7 heteroatoms. The van der Waals surface area contributed by atoms with Crippen molar-refractivity contribution in [3.8, 4) is 5.75 Å². The van der Waals surface area contributed by atoms with Crippen molar-refractivity contribution in [2.24, 2.45) is 11.7 Å². The van der Waals surface area contributed by atoms with E-state index < -0.39 is 0 Å². The Bertz CT molecular complexity index is 989. The smallest absolute Gasteiger partial charge is 0.251 e. The third-order valence-corrected chi connectivity index (χ3v) is 7.35. The van der Waals surface area contributed by atoms with Crippen molar-refractivity contribution in [1.82, 2.24) is 10.2 Å². The quantitative estimate of drug-likeness (QED) is 0.576. The molecule has 184 valence electrons. The molecular formula is C27H36FN3O3. The Morgan fingerprint density at radius 1 is 1.24 bits per heavy atom. The second-order valence-corrected chi connectivity index (χ2v) is 9.75. The van der Waals surface area contributed by atoms with E-state index in [1.807, 2.05) is 26.0 Å². The van der Waals surface area contributed by atoms with Gasteiger partial charge in [-0.25, -0.2) is 4.39 Å². The predicted octanol–water partition coefficient (Wildman–Crippen LogP) is 3.70. The summed E-state index contributed by atoms with van der Waals surface area (Å²) in [5, 5.41) is 13.6. The minimum Gasteiger partial charge on any atom is -0.507 e. The van der Waals surface area contributed by atoms with Gasteiger partial charge in [0.2, 0.25) is 0 Å². The first-order valence-corrected chi connectivity index (χ1v) is 12.3. The van der Waals surface area contributed by atoms with Gasteiger partial charge in [0.15, 0.2) is 0 Å². The van der Waals surface area contributed by atoms with E-state index in [0.29, 0.717) is 23.8 Å². The number of aromatic hydroxyl groups is 1. The van der Waals surface area contributed by atoms with Crippen LogP contribution in [0, 0.1) is 18.7 Å². The Hall–Kier alpha value is -2.48. The first-order valence-electron chi connectivity index (χ1n) is 12.3. The summed E-state index contributed by atoms with van der Waals surface area (Å²) < 4.78 is 19.5. The molecule has 0 bridgehead atoms. The van der Waals surface area contributed by atoms with Crippen molar-refractivity contribution in [1.29, 1.82) is 0 Å². The van der Waals surface area contributed by atoms with E-state index in [1.165, 1.54) is 24.3 Å². The summed E-state index contributed by atoms with van der Waals surface area (Å²) in [4.78, 5) is 14.8. The molecule has 3 atom stereocenters. The molecule has 2 heterocycles.